The van der Waals surface area contributed by atoms with Crippen LogP contribution in [0.15, 0.2) is 36.5 Å². The predicted octanol–water partition coefficient (Wildman–Crippen LogP) is 1.59. The second-order valence-corrected chi connectivity index (χ2v) is 6.23. The number of carbonyl (C=O) groups excluding carboxylic acids is 1. The number of rotatable bonds is 3. The van der Waals surface area contributed by atoms with Crippen LogP contribution in [0, 0.1) is 11.8 Å². The van der Waals surface area contributed by atoms with E-state index in [0.717, 1.165) is 37.6 Å². The van der Waals surface area contributed by atoms with Crippen molar-refractivity contribution < 1.29 is 9.53 Å². The molecule has 0 aliphatic carbocycles. The summed E-state index contributed by atoms with van der Waals surface area (Å²) in [6, 6.07) is 9.40. The molecule has 0 bridgehead atoms. The molecule has 7 heteroatoms. The Kier molecular flexibility index (Phi) is 4.78. The Morgan fingerprint density at radius 3 is 2.46 bits per heavy atom. The van der Waals surface area contributed by atoms with Gasteiger partial charge < -0.3 is 15.0 Å². The molecule has 1 amide bonds. The van der Waals surface area contributed by atoms with E-state index in [9.17, 15) is 4.79 Å². The molecule has 0 radical (unpaired) electrons. The van der Waals surface area contributed by atoms with Crippen LogP contribution in [0.1, 0.15) is 10.5 Å². The van der Waals surface area contributed by atoms with Crippen LogP contribution < -0.4 is 10.1 Å². The zero-order chi connectivity index (χ0) is 15.8. The van der Waals surface area contributed by atoms with Crippen LogP contribution in [0.4, 0.5) is 0 Å². The van der Waals surface area contributed by atoms with Gasteiger partial charge in [-0.3, -0.25) is 4.79 Å². The van der Waals surface area contributed by atoms with E-state index in [2.05, 4.69) is 10.4 Å². The highest BCUT2D eigenvalue weighted by molar-refractivity contribution is 5.92. The molecule has 0 saturated carbocycles. The number of likely N-dealkylation sites (tertiary alicyclic amines) is 1. The first-order chi connectivity index (χ1) is 11.2. The number of amides is 1. The molecule has 2 saturated heterocycles. The predicted molar refractivity (Wildman–Crippen MR) is 93.1 cm³/mol. The fraction of sp³-hybridized carbons (Fsp3) is 0.412. The number of hydrogen-bond donors (Lipinski definition) is 1. The molecule has 1 aromatic carbocycles. The first kappa shape index (κ1) is 16.8. The highest BCUT2D eigenvalue weighted by atomic mass is 35.5. The number of methoxy groups -OCH3 is 1. The van der Waals surface area contributed by atoms with Crippen molar-refractivity contribution in [1.82, 2.24) is 20.0 Å². The Morgan fingerprint density at radius 2 is 1.83 bits per heavy atom. The number of halogens is 1. The number of hydrogen-bond acceptors (Lipinski definition) is 4. The van der Waals surface area contributed by atoms with E-state index in [1.54, 1.807) is 17.9 Å². The number of fused-ring (bicyclic) bond motifs is 1. The van der Waals surface area contributed by atoms with E-state index in [1.165, 1.54) is 0 Å². The summed E-state index contributed by atoms with van der Waals surface area (Å²) < 4.78 is 6.88. The molecule has 6 nitrogen and oxygen atoms in total. The summed E-state index contributed by atoms with van der Waals surface area (Å²) in [6.45, 7) is 3.72. The number of benzene rings is 1. The van der Waals surface area contributed by atoms with Crippen LogP contribution >= 0.6 is 12.4 Å². The summed E-state index contributed by atoms with van der Waals surface area (Å²) in [4.78, 5) is 14.6. The molecule has 1 aromatic heterocycles. The second kappa shape index (κ2) is 6.83. The lowest BCUT2D eigenvalue weighted by Gasteiger charge is -2.15. The maximum Gasteiger partial charge on any atom is 0.274 e. The van der Waals surface area contributed by atoms with Crippen LogP contribution in [0.5, 0.6) is 5.75 Å². The van der Waals surface area contributed by atoms with Gasteiger partial charge in [0.2, 0.25) is 0 Å². The minimum atomic E-state index is 0. The van der Waals surface area contributed by atoms with Crippen molar-refractivity contribution in [2.24, 2.45) is 11.8 Å². The number of nitrogens with one attached hydrogen (secondary N) is 1. The molecule has 2 atom stereocenters. The second-order valence-electron chi connectivity index (χ2n) is 6.23. The SMILES string of the molecule is COc1ccc(-n2ccc(C(=O)N3C[C@H]4CNC[C@H]4C3)n2)cc1.Cl. The van der Waals surface area contributed by atoms with Crippen molar-refractivity contribution in [2.45, 2.75) is 0 Å². The molecule has 2 aliphatic rings. The maximum atomic E-state index is 12.6. The van der Waals surface area contributed by atoms with Gasteiger partial charge in [-0.15, -0.1) is 12.4 Å². The standard InChI is InChI=1S/C17H20N4O2.ClH/c1-23-15-4-2-14(3-5-15)21-7-6-16(19-21)17(22)20-10-12-8-18-9-13(12)11-20;/h2-7,12-13,18H,8-11H2,1H3;1H/t12-,13+;. The maximum absolute atomic E-state index is 12.6. The normalized spacial score (nSPS) is 22.1. The summed E-state index contributed by atoms with van der Waals surface area (Å²) in [5.74, 6) is 2.03. The minimum absolute atomic E-state index is 0. The Labute approximate surface area is 147 Å². The number of aromatic nitrogens is 2. The molecular formula is C17H21ClN4O2. The Balaban J connectivity index is 0.00000169. The van der Waals surface area contributed by atoms with E-state index >= 15 is 0 Å². The van der Waals surface area contributed by atoms with Gasteiger partial charge in [0, 0.05) is 32.4 Å². The molecular weight excluding hydrogens is 328 g/mol. The van der Waals surface area contributed by atoms with Gasteiger partial charge in [0.15, 0.2) is 5.69 Å². The summed E-state index contributed by atoms with van der Waals surface area (Å²) in [5, 5.41) is 7.83. The van der Waals surface area contributed by atoms with Crippen LogP contribution in [0.25, 0.3) is 5.69 Å². The van der Waals surface area contributed by atoms with Crippen LogP contribution in [0.3, 0.4) is 0 Å². The summed E-state index contributed by atoms with van der Waals surface area (Å²) in [5.41, 5.74) is 1.42. The molecule has 4 rings (SSSR count). The molecule has 2 aromatic rings. The van der Waals surface area contributed by atoms with Gasteiger partial charge in [-0.1, -0.05) is 0 Å². The largest absolute Gasteiger partial charge is 0.497 e. The molecule has 0 unspecified atom stereocenters. The first-order valence-electron chi connectivity index (χ1n) is 7.94. The summed E-state index contributed by atoms with van der Waals surface area (Å²) in [6.07, 6.45) is 1.83. The van der Waals surface area contributed by atoms with Gasteiger partial charge in [0.1, 0.15) is 5.75 Å². The molecule has 1 N–H and O–H groups in total. The topological polar surface area (TPSA) is 59.4 Å². The van der Waals surface area contributed by atoms with Crippen LogP contribution in [0.2, 0.25) is 0 Å². The average Bonchev–Trinajstić information content (AvgIpc) is 3.29. The van der Waals surface area contributed by atoms with Crippen LogP contribution in [-0.4, -0.2) is 53.9 Å². The van der Waals surface area contributed by atoms with E-state index in [1.807, 2.05) is 35.4 Å². The molecule has 2 aliphatic heterocycles. The Morgan fingerprint density at radius 1 is 1.17 bits per heavy atom. The van der Waals surface area contributed by atoms with Crippen molar-refractivity contribution in [3.63, 3.8) is 0 Å². The van der Waals surface area contributed by atoms with Gasteiger partial charge in [-0.05, 0) is 42.2 Å². The van der Waals surface area contributed by atoms with E-state index in [4.69, 9.17) is 4.74 Å². The Hall–Kier alpha value is -2.05. The smallest absolute Gasteiger partial charge is 0.274 e. The van der Waals surface area contributed by atoms with Gasteiger partial charge >= 0.3 is 0 Å². The monoisotopic (exact) mass is 348 g/mol. The summed E-state index contributed by atoms with van der Waals surface area (Å²) >= 11 is 0. The van der Waals surface area contributed by atoms with Gasteiger partial charge in [0.25, 0.3) is 5.91 Å². The summed E-state index contributed by atoms with van der Waals surface area (Å²) in [7, 11) is 1.64. The quantitative estimate of drug-likeness (QED) is 0.915. The van der Waals surface area contributed by atoms with Crippen molar-refractivity contribution in [3.8, 4) is 11.4 Å². The lowest BCUT2D eigenvalue weighted by atomic mass is 10.0. The highest BCUT2D eigenvalue weighted by Gasteiger charge is 2.38. The zero-order valence-corrected chi connectivity index (χ0v) is 14.3. The number of nitrogens with zero attached hydrogens (tertiary/aromatic N) is 3. The van der Waals surface area contributed by atoms with Gasteiger partial charge in [-0.25, -0.2) is 4.68 Å². The molecule has 128 valence electrons. The van der Waals surface area contributed by atoms with Gasteiger partial charge in [0.05, 0.1) is 12.8 Å². The highest BCUT2D eigenvalue weighted by Crippen LogP contribution is 2.27. The fourth-order valence-electron chi connectivity index (χ4n) is 3.50. The van der Waals surface area contributed by atoms with E-state index in [-0.39, 0.29) is 18.3 Å². The minimum Gasteiger partial charge on any atom is -0.497 e. The van der Waals surface area contributed by atoms with Crippen molar-refractivity contribution in [1.29, 1.82) is 0 Å². The average molecular weight is 349 g/mol. The van der Waals surface area contributed by atoms with Crippen molar-refractivity contribution in [2.75, 3.05) is 33.3 Å². The molecule has 0 spiro atoms. The number of ether oxygens (including phenoxy) is 1. The molecule has 2 fully saturated rings. The first-order valence-corrected chi connectivity index (χ1v) is 7.94. The Bertz CT molecular complexity index is 704. The lowest BCUT2D eigenvalue weighted by molar-refractivity contribution is 0.0775. The third-order valence-corrected chi connectivity index (χ3v) is 4.82. The third kappa shape index (κ3) is 2.99. The zero-order valence-electron chi connectivity index (χ0n) is 13.5. The van der Waals surface area contributed by atoms with E-state index in [0.29, 0.717) is 17.5 Å². The van der Waals surface area contributed by atoms with Crippen molar-refractivity contribution in [3.05, 3.63) is 42.2 Å². The van der Waals surface area contributed by atoms with Gasteiger partial charge in [-0.2, -0.15) is 5.10 Å². The lowest BCUT2D eigenvalue weighted by Crippen LogP contribution is -2.32. The number of carbonyl (C=O) groups is 1. The van der Waals surface area contributed by atoms with Crippen molar-refractivity contribution >= 4 is 18.3 Å². The third-order valence-electron chi connectivity index (χ3n) is 4.82. The molecule has 3 heterocycles. The van der Waals surface area contributed by atoms with E-state index < -0.39 is 0 Å². The van der Waals surface area contributed by atoms with Crippen LogP contribution in [-0.2, 0) is 0 Å². The fourth-order valence-corrected chi connectivity index (χ4v) is 3.50. The molecule has 24 heavy (non-hydrogen) atoms.